The number of para-hydroxylation sites is 1. The molecule has 0 bridgehead atoms. The van der Waals surface area contributed by atoms with Gasteiger partial charge in [-0.25, -0.2) is 4.98 Å². The number of benzene rings is 1. The van der Waals surface area contributed by atoms with E-state index in [9.17, 15) is 10.1 Å². The van der Waals surface area contributed by atoms with Gasteiger partial charge in [-0.3, -0.25) is 10.1 Å². The number of hydrogen-bond donors (Lipinski definition) is 0. The van der Waals surface area contributed by atoms with Gasteiger partial charge in [0.05, 0.1) is 11.5 Å². The summed E-state index contributed by atoms with van der Waals surface area (Å²) in [6, 6.07) is 11.3. The number of aromatic nitrogens is 1. The standard InChI is InChI=1S/C18H19N3O3/c1-2-24-17-6-4-3-5-16(17)14-9-11-20(12-10-14)18-8-7-15(13-19-18)21(22)23/h3-9,13H,2,10-12H2,1H3. The van der Waals surface area contributed by atoms with Crippen molar-refractivity contribution < 1.29 is 9.66 Å². The number of hydrogen-bond acceptors (Lipinski definition) is 5. The van der Waals surface area contributed by atoms with Crippen LogP contribution in [0.3, 0.4) is 0 Å². The van der Waals surface area contributed by atoms with Gasteiger partial charge in [0, 0.05) is 24.7 Å². The quantitative estimate of drug-likeness (QED) is 0.619. The molecule has 6 nitrogen and oxygen atoms in total. The Kier molecular flexibility index (Phi) is 4.74. The number of rotatable bonds is 5. The molecule has 3 rings (SSSR count). The highest BCUT2D eigenvalue weighted by Gasteiger charge is 2.17. The number of anilines is 1. The molecule has 1 aliphatic heterocycles. The normalized spacial score (nSPS) is 14.2. The fourth-order valence-corrected chi connectivity index (χ4v) is 2.81. The lowest BCUT2D eigenvalue weighted by atomic mass is 9.98. The third-order valence-corrected chi connectivity index (χ3v) is 4.01. The molecule has 0 saturated carbocycles. The van der Waals surface area contributed by atoms with Gasteiger partial charge < -0.3 is 9.64 Å². The minimum atomic E-state index is -0.435. The van der Waals surface area contributed by atoms with Gasteiger partial charge in [0.2, 0.25) is 0 Å². The van der Waals surface area contributed by atoms with Gasteiger partial charge in [-0.1, -0.05) is 24.3 Å². The summed E-state index contributed by atoms with van der Waals surface area (Å²) in [4.78, 5) is 16.6. The van der Waals surface area contributed by atoms with Crippen LogP contribution in [0.15, 0.2) is 48.7 Å². The van der Waals surface area contributed by atoms with E-state index in [2.05, 4.69) is 22.0 Å². The highest BCUT2D eigenvalue weighted by atomic mass is 16.6. The molecule has 6 heteroatoms. The number of pyridine rings is 1. The van der Waals surface area contributed by atoms with Crippen LogP contribution >= 0.6 is 0 Å². The topological polar surface area (TPSA) is 68.5 Å². The first kappa shape index (κ1) is 16.0. The van der Waals surface area contributed by atoms with Gasteiger partial charge in [-0.2, -0.15) is 0 Å². The molecule has 0 spiro atoms. The van der Waals surface area contributed by atoms with E-state index in [0.29, 0.717) is 6.61 Å². The van der Waals surface area contributed by atoms with E-state index >= 15 is 0 Å². The Morgan fingerprint density at radius 1 is 1.29 bits per heavy atom. The molecular weight excluding hydrogens is 306 g/mol. The third kappa shape index (κ3) is 3.37. The molecule has 2 aromatic rings. The average molecular weight is 325 g/mol. The van der Waals surface area contributed by atoms with E-state index in [0.717, 1.165) is 36.6 Å². The van der Waals surface area contributed by atoms with Crippen LogP contribution in [-0.4, -0.2) is 29.6 Å². The lowest BCUT2D eigenvalue weighted by Gasteiger charge is -2.28. The molecule has 124 valence electrons. The Bertz CT molecular complexity index is 756. The average Bonchev–Trinajstić information content (AvgIpc) is 2.63. The monoisotopic (exact) mass is 325 g/mol. The maximum absolute atomic E-state index is 10.7. The second-order valence-corrected chi connectivity index (χ2v) is 5.49. The van der Waals surface area contributed by atoms with Gasteiger partial charge in [-0.15, -0.1) is 0 Å². The molecule has 0 atom stereocenters. The van der Waals surface area contributed by atoms with Crippen LogP contribution in [0.2, 0.25) is 0 Å². The zero-order chi connectivity index (χ0) is 16.9. The van der Waals surface area contributed by atoms with Crippen molar-refractivity contribution in [3.8, 4) is 5.75 Å². The van der Waals surface area contributed by atoms with E-state index in [1.54, 1.807) is 6.07 Å². The van der Waals surface area contributed by atoms with Crippen molar-refractivity contribution in [2.45, 2.75) is 13.3 Å². The second kappa shape index (κ2) is 7.12. The fraction of sp³-hybridized carbons (Fsp3) is 0.278. The Hall–Kier alpha value is -2.89. The summed E-state index contributed by atoms with van der Waals surface area (Å²) in [5.41, 5.74) is 2.41. The molecule has 0 saturated heterocycles. The molecule has 24 heavy (non-hydrogen) atoms. The van der Waals surface area contributed by atoms with Gasteiger partial charge >= 0.3 is 0 Å². The smallest absolute Gasteiger partial charge is 0.287 e. The van der Waals surface area contributed by atoms with E-state index in [4.69, 9.17) is 4.74 Å². The number of nitro groups is 1. The molecule has 0 unspecified atom stereocenters. The van der Waals surface area contributed by atoms with E-state index in [1.165, 1.54) is 17.8 Å². The first-order valence-corrected chi connectivity index (χ1v) is 7.95. The van der Waals surface area contributed by atoms with Crippen molar-refractivity contribution in [2.24, 2.45) is 0 Å². The van der Waals surface area contributed by atoms with Crippen LogP contribution in [0.5, 0.6) is 5.75 Å². The molecule has 1 aromatic heterocycles. The second-order valence-electron chi connectivity index (χ2n) is 5.49. The highest BCUT2D eigenvalue weighted by molar-refractivity contribution is 5.72. The zero-order valence-electron chi connectivity index (χ0n) is 13.5. The van der Waals surface area contributed by atoms with Crippen molar-refractivity contribution in [2.75, 3.05) is 24.6 Å². The van der Waals surface area contributed by atoms with Crippen molar-refractivity contribution in [3.05, 3.63) is 64.3 Å². The van der Waals surface area contributed by atoms with Crippen LogP contribution < -0.4 is 9.64 Å². The Balaban J connectivity index is 1.75. The van der Waals surface area contributed by atoms with E-state index in [-0.39, 0.29) is 5.69 Å². The van der Waals surface area contributed by atoms with Crippen LogP contribution in [0.1, 0.15) is 18.9 Å². The summed E-state index contributed by atoms with van der Waals surface area (Å²) in [7, 11) is 0. The van der Waals surface area contributed by atoms with Gasteiger partial charge in [-0.05, 0) is 31.1 Å². The van der Waals surface area contributed by atoms with Gasteiger partial charge in [0.15, 0.2) is 0 Å². The molecule has 0 radical (unpaired) electrons. The van der Waals surface area contributed by atoms with Gasteiger partial charge in [0.1, 0.15) is 17.8 Å². The largest absolute Gasteiger partial charge is 0.493 e. The first-order valence-electron chi connectivity index (χ1n) is 7.95. The Morgan fingerprint density at radius 2 is 2.12 bits per heavy atom. The fourth-order valence-electron chi connectivity index (χ4n) is 2.81. The molecular formula is C18H19N3O3. The summed E-state index contributed by atoms with van der Waals surface area (Å²) >= 11 is 0. The van der Waals surface area contributed by atoms with Crippen molar-refractivity contribution in [3.63, 3.8) is 0 Å². The molecule has 0 fully saturated rings. The molecule has 0 N–H and O–H groups in total. The van der Waals surface area contributed by atoms with Crippen LogP contribution in [0.25, 0.3) is 5.57 Å². The minimum absolute atomic E-state index is 0.0117. The number of nitrogens with zero attached hydrogens (tertiary/aromatic N) is 3. The van der Waals surface area contributed by atoms with Crippen molar-refractivity contribution >= 4 is 17.1 Å². The first-order chi connectivity index (χ1) is 11.7. The maximum atomic E-state index is 10.7. The highest BCUT2D eigenvalue weighted by Crippen LogP contribution is 2.31. The number of ether oxygens (including phenoxy) is 1. The summed E-state index contributed by atoms with van der Waals surface area (Å²) in [6.07, 6.45) is 4.35. The van der Waals surface area contributed by atoms with Gasteiger partial charge in [0.25, 0.3) is 5.69 Å². The van der Waals surface area contributed by atoms with E-state index < -0.39 is 4.92 Å². The Morgan fingerprint density at radius 3 is 2.75 bits per heavy atom. The lowest BCUT2D eigenvalue weighted by Crippen LogP contribution is -2.29. The predicted molar refractivity (Wildman–Crippen MR) is 93.3 cm³/mol. The van der Waals surface area contributed by atoms with Crippen LogP contribution in [-0.2, 0) is 0 Å². The third-order valence-electron chi connectivity index (χ3n) is 4.01. The maximum Gasteiger partial charge on any atom is 0.287 e. The summed E-state index contributed by atoms with van der Waals surface area (Å²) in [6.45, 7) is 4.16. The lowest BCUT2D eigenvalue weighted by molar-refractivity contribution is -0.385. The van der Waals surface area contributed by atoms with E-state index in [1.807, 2.05) is 25.1 Å². The van der Waals surface area contributed by atoms with Crippen molar-refractivity contribution in [1.29, 1.82) is 0 Å². The molecule has 1 aliphatic rings. The molecule has 0 aliphatic carbocycles. The summed E-state index contributed by atoms with van der Waals surface area (Å²) < 4.78 is 5.71. The Labute approximate surface area is 140 Å². The summed E-state index contributed by atoms with van der Waals surface area (Å²) in [5, 5.41) is 10.7. The molecule has 2 heterocycles. The summed E-state index contributed by atoms with van der Waals surface area (Å²) in [5.74, 6) is 1.67. The van der Waals surface area contributed by atoms with Crippen molar-refractivity contribution in [1.82, 2.24) is 4.98 Å². The minimum Gasteiger partial charge on any atom is -0.493 e. The SMILES string of the molecule is CCOc1ccccc1C1=CCN(c2ccc([N+](=O)[O-])cn2)CC1. The van der Waals surface area contributed by atoms with Crippen LogP contribution in [0.4, 0.5) is 11.5 Å². The zero-order valence-corrected chi connectivity index (χ0v) is 13.5. The van der Waals surface area contributed by atoms with Crippen LogP contribution in [0, 0.1) is 10.1 Å². The predicted octanol–water partition coefficient (Wildman–Crippen LogP) is 3.68. The molecule has 1 aromatic carbocycles. The molecule has 0 amide bonds.